The standard InChI is InChI=1S/C14H23N3O/c1-12-6-4-5-7-13(12)15-9-8-14(18)16-10-11-17(2)3/h4-7,15H,8-11H2,1-3H3,(H,16,18). The molecule has 0 saturated heterocycles. The Balaban J connectivity index is 2.18. The van der Waals surface area contributed by atoms with Crippen LogP contribution in [-0.2, 0) is 4.79 Å². The first-order chi connectivity index (χ1) is 8.59. The van der Waals surface area contributed by atoms with E-state index < -0.39 is 0 Å². The summed E-state index contributed by atoms with van der Waals surface area (Å²) in [5.74, 6) is 0.0953. The summed E-state index contributed by atoms with van der Waals surface area (Å²) in [6, 6.07) is 8.08. The third-order valence-corrected chi connectivity index (χ3v) is 2.69. The van der Waals surface area contributed by atoms with Crippen LogP contribution in [0, 0.1) is 6.92 Å². The van der Waals surface area contributed by atoms with Gasteiger partial charge >= 0.3 is 0 Å². The van der Waals surface area contributed by atoms with E-state index in [2.05, 4.69) is 23.6 Å². The van der Waals surface area contributed by atoms with Crippen molar-refractivity contribution < 1.29 is 4.79 Å². The van der Waals surface area contributed by atoms with Crippen LogP contribution in [0.2, 0.25) is 0 Å². The zero-order valence-electron chi connectivity index (χ0n) is 11.5. The predicted octanol–water partition coefficient (Wildman–Crippen LogP) is 1.47. The van der Waals surface area contributed by atoms with Gasteiger partial charge in [-0.2, -0.15) is 0 Å². The van der Waals surface area contributed by atoms with E-state index in [1.54, 1.807) is 0 Å². The van der Waals surface area contributed by atoms with Crippen molar-refractivity contribution in [1.82, 2.24) is 10.2 Å². The lowest BCUT2D eigenvalue weighted by atomic mass is 10.2. The van der Waals surface area contributed by atoms with Crippen molar-refractivity contribution in [2.45, 2.75) is 13.3 Å². The molecule has 0 radical (unpaired) electrons. The van der Waals surface area contributed by atoms with Crippen LogP contribution in [0.3, 0.4) is 0 Å². The summed E-state index contributed by atoms with van der Waals surface area (Å²) in [6.07, 6.45) is 0.502. The molecule has 18 heavy (non-hydrogen) atoms. The fourth-order valence-corrected chi connectivity index (χ4v) is 1.59. The maximum atomic E-state index is 11.5. The molecule has 1 amide bonds. The van der Waals surface area contributed by atoms with Crippen LogP contribution in [-0.4, -0.2) is 44.5 Å². The van der Waals surface area contributed by atoms with Gasteiger partial charge in [0.15, 0.2) is 0 Å². The van der Waals surface area contributed by atoms with Crippen molar-refractivity contribution in [3.05, 3.63) is 29.8 Å². The monoisotopic (exact) mass is 249 g/mol. The topological polar surface area (TPSA) is 44.4 Å². The Kier molecular flexibility index (Phi) is 6.22. The molecule has 0 aliphatic heterocycles. The maximum absolute atomic E-state index is 11.5. The zero-order chi connectivity index (χ0) is 13.4. The summed E-state index contributed by atoms with van der Waals surface area (Å²) in [7, 11) is 3.98. The highest BCUT2D eigenvalue weighted by Crippen LogP contribution is 2.12. The highest BCUT2D eigenvalue weighted by atomic mass is 16.1. The second-order valence-electron chi connectivity index (χ2n) is 4.64. The van der Waals surface area contributed by atoms with Crippen molar-refractivity contribution >= 4 is 11.6 Å². The first-order valence-corrected chi connectivity index (χ1v) is 6.30. The molecule has 0 fully saturated rings. The van der Waals surface area contributed by atoms with Gasteiger partial charge in [-0.05, 0) is 32.6 Å². The molecule has 0 atom stereocenters. The largest absolute Gasteiger partial charge is 0.384 e. The number of amides is 1. The van der Waals surface area contributed by atoms with Crippen LogP contribution in [0.4, 0.5) is 5.69 Å². The molecule has 0 aromatic heterocycles. The molecule has 0 spiro atoms. The van der Waals surface area contributed by atoms with Crippen molar-refractivity contribution in [3.63, 3.8) is 0 Å². The van der Waals surface area contributed by atoms with Crippen LogP contribution in [0.5, 0.6) is 0 Å². The summed E-state index contributed by atoms with van der Waals surface area (Å²) in [5, 5.41) is 6.17. The van der Waals surface area contributed by atoms with Crippen LogP contribution in [0.15, 0.2) is 24.3 Å². The molecule has 0 bridgehead atoms. The summed E-state index contributed by atoms with van der Waals surface area (Å²) < 4.78 is 0. The summed E-state index contributed by atoms with van der Waals surface area (Å²) in [4.78, 5) is 13.6. The van der Waals surface area contributed by atoms with Gasteiger partial charge < -0.3 is 15.5 Å². The average molecular weight is 249 g/mol. The number of rotatable bonds is 7. The van der Waals surface area contributed by atoms with Crippen LogP contribution < -0.4 is 10.6 Å². The van der Waals surface area contributed by atoms with E-state index in [0.29, 0.717) is 19.5 Å². The SMILES string of the molecule is Cc1ccccc1NCCC(=O)NCCN(C)C. The Labute approximate surface area is 109 Å². The number of benzene rings is 1. The fraction of sp³-hybridized carbons (Fsp3) is 0.500. The second-order valence-corrected chi connectivity index (χ2v) is 4.64. The van der Waals surface area contributed by atoms with Gasteiger partial charge in [0.2, 0.25) is 5.91 Å². The first kappa shape index (κ1) is 14.5. The van der Waals surface area contributed by atoms with Crippen LogP contribution in [0.25, 0.3) is 0 Å². The first-order valence-electron chi connectivity index (χ1n) is 6.30. The zero-order valence-corrected chi connectivity index (χ0v) is 11.5. The van der Waals surface area contributed by atoms with Gasteiger partial charge in [-0.25, -0.2) is 0 Å². The lowest BCUT2D eigenvalue weighted by molar-refractivity contribution is -0.120. The molecule has 2 N–H and O–H groups in total. The lowest BCUT2D eigenvalue weighted by Gasteiger charge is -2.11. The Morgan fingerprint density at radius 2 is 1.94 bits per heavy atom. The molecule has 1 rings (SSSR count). The highest BCUT2D eigenvalue weighted by Gasteiger charge is 2.01. The molecule has 0 aliphatic carbocycles. The van der Waals surface area contributed by atoms with E-state index in [1.807, 2.05) is 37.2 Å². The van der Waals surface area contributed by atoms with E-state index >= 15 is 0 Å². The minimum Gasteiger partial charge on any atom is -0.384 e. The number of hydrogen-bond acceptors (Lipinski definition) is 3. The molecule has 0 aliphatic rings. The van der Waals surface area contributed by atoms with E-state index in [4.69, 9.17) is 0 Å². The Bertz CT molecular complexity index is 377. The highest BCUT2D eigenvalue weighted by molar-refractivity contribution is 5.76. The van der Waals surface area contributed by atoms with Crippen molar-refractivity contribution in [3.8, 4) is 0 Å². The number of aryl methyl sites for hydroxylation is 1. The third kappa shape index (κ3) is 5.68. The van der Waals surface area contributed by atoms with Gasteiger partial charge in [-0.1, -0.05) is 18.2 Å². The molecule has 4 nitrogen and oxygen atoms in total. The Morgan fingerprint density at radius 3 is 2.61 bits per heavy atom. The smallest absolute Gasteiger partial charge is 0.221 e. The number of likely N-dealkylation sites (N-methyl/N-ethyl adjacent to an activating group) is 1. The van der Waals surface area contributed by atoms with Crippen molar-refractivity contribution in [2.75, 3.05) is 39.0 Å². The van der Waals surface area contributed by atoms with Gasteiger partial charge in [0.1, 0.15) is 0 Å². The predicted molar refractivity (Wildman–Crippen MR) is 75.8 cm³/mol. The molecular formula is C14H23N3O. The number of nitrogens with one attached hydrogen (secondary N) is 2. The molecule has 0 heterocycles. The average Bonchev–Trinajstić information content (AvgIpc) is 2.31. The fourth-order valence-electron chi connectivity index (χ4n) is 1.59. The van der Waals surface area contributed by atoms with Gasteiger partial charge in [-0.15, -0.1) is 0 Å². The quantitative estimate of drug-likeness (QED) is 0.769. The second kappa shape index (κ2) is 7.71. The number of nitrogens with zero attached hydrogens (tertiary/aromatic N) is 1. The van der Waals surface area contributed by atoms with Gasteiger partial charge in [0.05, 0.1) is 0 Å². The van der Waals surface area contributed by atoms with Gasteiger partial charge in [0, 0.05) is 31.7 Å². The Morgan fingerprint density at radius 1 is 1.22 bits per heavy atom. The molecule has 1 aromatic rings. The molecule has 100 valence electrons. The number of anilines is 1. The molecule has 0 unspecified atom stereocenters. The minimum absolute atomic E-state index is 0.0953. The normalized spacial score (nSPS) is 10.4. The molecular weight excluding hydrogens is 226 g/mol. The van der Waals surface area contributed by atoms with E-state index in [9.17, 15) is 4.79 Å². The van der Waals surface area contributed by atoms with E-state index in [-0.39, 0.29) is 5.91 Å². The minimum atomic E-state index is 0.0953. The van der Waals surface area contributed by atoms with Crippen molar-refractivity contribution in [1.29, 1.82) is 0 Å². The summed E-state index contributed by atoms with van der Waals surface area (Å²) in [5.41, 5.74) is 2.30. The van der Waals surface area contributed by atoms with E-state index in [0.717, 1.165) is 12.2 Å². The number of hydrogen-bond donors (Lipinski definition) is 2. The number of carbonyl (C=O) groups excluding carboxylic acids is 1. The van der Waals surface area contributed by atoms with Crippen LogP contribution in [0.1, 0.15) is 12.0 Å². The number of para-hydroxylation sites is 1. The number of carbonyl (C=O) groups is 1. The Hall–Kier alpha value is -1.55. The summed E-state index contributed by atoms with van der Waals surface area (Å²) >= 11 is 0. The molecule has 4 heteroatoms. The molecule has 0 saturated carbocycles. The van der Waals surface area contributed by atoms with Gasteiger partial charge in [-0.3, -0.25) is 4.79 Å². The lowest BCUT2D eigenvalue weighted by Crippen LogP contribution is -2.32. The molecule has 1 aromatic carbocycles. The third-order valence-electron chi connectivity index (χ3n) is 2.69. The summed E-state index contributed by atoms with van der Waals surface area (Å²) in [6.45, 7) is 4.30. The van der Waals surface area contributed by atoms with Crippen LogP contribution >= 0.6 is 0 Å². The maximum Gasteiger partial charge on any atom is 0.221 e. The van der Waals surface area contributed by atoms with Gasteiger partial charge in [0.25, 0.3) is 0 Å². The van der Waals surface area contributed by atoms with Crippen molar-refractivity contribution in [2.24, 2.45) is 0 Å². The van der Waals surface area contributed by atoms with E-state index in [1.165, 1.54) is 5.56 Å².